The van der Waals surface area contributed by atoms with Gasteiger partial charge in [-0.2, -0.15) is 0 Å². The van der Waals surface area contributed by atoms with Gasteiger partial charge < -0.3 is 39.9 Å². The van der Waals surface area contributed by atoms with Crippen molar-refractivity contribution >= 4 is 7.82 Å². The van der Waals surface area contributed by atoms with Gasteiger partial charge in [0.2, 0.25) is 0 Å². The lowest BCUT2D eigenvalue weighted by Gasteiger charge is -2.38. The van der Waals surface area contributed by atoms with E-state index in [0.29, 0.717) is 6.42 Å². The highest BCUT2D eigenvalue weighted by molar-refractivity contribution is 7.47. The van der Waals surface area contributed by atoms with Gasteiger partial charge in [0.15, 0.2) is 6.29 Å². The number of likely N-dealkylation sites (N-methyl/N-ethyl adjacent to an activating group) is 2. The van der Waals surface area contributed by atoms with E-state index < -0.39 is 45.1 Å². The summed E-state index contributed by atoms with van der Waals surface area (Å²) in [6.45, 7) is 2.66. The average molecular weight is 473 g/mol. The molecule has 0 aromatic carbocycles. The second kappa shape index (κ2) is 14.9. The minimum absolute atomic E-state index is 0.0547. The third kappa shape index (κ3) is 12.0. The van der Waals surface area contributed by atoms with E-state index in [1.165, 1.54) is 0 Å². The number of rotatable bonds is 16. The zero-order valence-electron chi connectivity index (χ0n) is 18.9. The van der Waals surface area contributed by atoms with Crippen molar-refractivity contribution in [2.24, 2.45) is 0 Å². The monoisotopic (exact) mass is 472 g/mol. The van der Waals surface area contributed by atoms with Crippen molar-refractivity contribution in [3.8, 4) is 0 Å². The first-order chi connectivity index (χ1) is 14.5. The molecule has 0 radical (unpaired) electrons. The van der Waals surface area contributed by atoms with E-state index in [2.05, 4.69) is 30.9 Å². The fourth-order valence-corrected chi connectivity index (χ4v) is 3.90. The lowest BCUT2D eigenvalue weighted by Crippen LogP contribution is -2.58. The molecule has 0 amide bonds. The number of nitrogens with zero attached hydrogens (tertiary/aromatic N) is 2. The Labute approximate surface area is 185 Å². The second-order valence-electron chi connectivity index (χ2n) is 8.36. The molecule has 0 spiro atoms. The van der Waals surface area contributed by atoms with Crippen LogP contribution in [-0.4, -0.2) is 120 Å². The third-order valence-corrected chi connectivity index (χ3v) is 6.19. The summed E-state index contributed by atoms with van der Waals surface area (Å²) in [4.78, 5) is 14.2. The molecule has 1 saturated heterocycles. The molecule has 1 aliphatic rings. The van der Waals surface area contributed by atoms with Gasteiger partial charge in [0, 0.05) is 13.1 Å². The topological polar surface area (TPSA) is 152 Å². The average Bonchev–Trinajstić information content (AvgIpc) is 2.71. The van der Waals surface area contributed by atoms with Gasteiger partial charge in [0.05, 0.1) is 13.2 Å². The number of phosphoric ester groups is 1. The van der Waals surface area contributed by atoms with Crippen LogP contribution in [0.15, 0.2) is 0 Å². The fourth-order valence-electron chi connectivity index (χ4n) is 3.13. The first-order valence-electron chi connectivity index (χ1n) is 10.9. The predicted molar refractivity (Wildman–Crippen MR) is 114 cm³/mol. The minimum Gasteiger partial charge on any atom is -0.387 e. The number of phosphoric acid groups is 1. The van der Waals surface area contributed by atoms with Crippen molar-refractivity contribution in [2.45, 2.75) is 69.2 Å². The standard InChI is InChI=1S/C19H41N2O9P/c1-20(2)11-12-21(3)10-8-6-4-5-7-9-13-28-31(26,27)29-14-15-16(22)17(23)18(24)19(25)30-15/h15-19,22-25H,4-14H2,1-3H3,(H,26,27)/t15-,16-,17+,18-,19?/m1/s1. The van der Waals surface area contributed by atoms with Gasteiger partial charge in [-0.1, -0.05) is 25.7 Å². The number of aliphatic hydroxyl groups excluding tert-OH is 4. The fraction of sp³-hybridized carbons (Fsp3) is 1.00. The molecule has 0 bridgehead atoms. The smallest absolute Gasteiger partial charge is 0.387 e. The molecule has 12 heteroatoms. The quantitative estimate of drug-likeness (QED) is 0.149. The molecule has 1 heterocycles. The maximum Gasteiger partial charge on any atom is 0.472 e. The van der Waals surface area contributed by atoms with Gasteiger partial charge in [-0.15, -0.1) is 0 Å². The molecule has 0 aromatic rings. The summed E-state index contributed by atoms with van der Waals surface area (Å²) in [7, 11) is 1.91. The van der Waals surface area contributed by atoms with Crippen LogP contribution in [0.2, 0.25) is 0 Å². The molecular weight excluding hydrogens is 431 g/mol. The van der Waals surface area contributed by atoms with Crippen LogP contribution < -0.4 is 0 Å². The van der Waals surface area contributed by atoms with Crippen LogP contribution in [0.4, 0.5) is 0 Å². The van der Waals surface area contributed by atoms with E-state index >= 15 is 0 Å². The lowest BCUT2D eigenvalue weighted by atomic mass is 10.00. The summed E-state index contributed by atoms with van der Waals surface area (Å²) in [5, 5.41) is 38.2. The van der Waals surface area contributed by atoms with Crippen LogP contribution in [0.5, 0.6) is 0 Å². The van der Waals surface area contributed by atoms with Gasteiger partial charge >= 0.3 is 7.82 Å². The van der Waals surface area contributed by atoms with Gasteiger partial charge in [-0.25, -0.2) is 4.57 Å². The highest BCUT2D eigenvalue weighted by atomic mass is 31.2. The number of unbranched alkanes of at least 4 members (excludes halogenated alkanes) is 5. The molecule has 186 valence electrons. The lowest BCUT2D eigenvalue weighted by molar-refractivity contribution is -0.285. The highest BCUT2D eigenvalue weighted by Crippen LogP contribution is 2.44. The van der Waals surface area contributed by atoms with Crippen LogP contribution >= 0.6 is 7.82 Å². The molecule has 6 atom stereocenters. The summed E-state index contributed by atoms with van der Waals surface area (Å²) < 4.78 is 26.5. The minimum atomic E-state index is -4.36. The number of hydrogen-bond donors (Lipinski definition) is 5. The summed E-state index contributed by atoms with van der Waals surface area (Å²) in [6.07, 6.45) is -2.03. The first kappa shape index (κ1) is 28.9. The van der Waals surface area contributed by atoms with Crippen molar-refractivity contribution in [2.75, 3.05) is 54.0 Å². The zero-order chi connectivity index (χ0) is 23.4. The molecule has 31 heavy (non-hydrogen) atoms. The Morgan fingerprint density at radius 1 is 0.806 bits per heavy atom. The van der Waals surface area contributed by atoms with Gasteiger partial charge in [-0.3, -0.25) is 9.05 Å². The molecule has 1 rings (SSSR count). The molecule has 0 aromatic heterocycles. The first-order valence-corrected chi connectivity index (χ1v) is 12.4. The molecule has 0 saturated carbocycles. The van der Waals surface area contributed by atoms with E-state index in [-0.39, 0.29) is 6.61 Å². The number of aliphatic hydroxyl groups is 4. The summed E-state index contributed by atoms with van der Waals surface area (Å²) in [5.41, 5.74) is 0. The Kier molecular flexibility index (Phi) is 13.8. The van der Waals surface area contributed by atoms with Crippen LogP contribution in [-0.2, 0) is 18.3 Å². The van der Waals surface area contributed by atoms with Crippen molar-refractivity contribution in [1.82, 2.24) is 9.80 Å². The molecule has 1 fully saturated rings. The molecule has 11 nitrogen and oxygen atoms in total. The molecule has 1 aliphatic heterocycles. The normalized spacial score (nSPS) is 28.9. The highest BCUT2D eigenvalue weighted by Gasteiger charge is 2.43. The van der Waals surface area contributed by atoms with Crippen LogP contribution in [0, 0.1) is 0 Å². The summed E-state index contributed by atoms with van der Waals surface area (Å²) >= 11 is 0. The van der Waals surface area contributed by atoms with E-state index in [1.54, 1.807) is 0 Å². The Hall–Kier alpha value is -0.170. The maximum atomic E-state index is 11.9. The number of hydrogen-bond acceptors (Lipinski definition) is 10. The Morgan fingerprint density at radius 2 is 1.42 bits per heavy atom. The maximum absolute atomic E-state index is 11.9. The molecule has 2 unspecified atom stereocenters. The van der Waals surface area contributed by atoms with Gasteiger partial charge in [0.25, 0.3) is 0 Å². The predicted octanol–water partition coefficient (Wildman–Crippen LogP) is -0.246. The Balaban J connectivity index is 2.07. The second-order valence-corrected chi connectivity index (χ2v) is 9.82. The Morgan fingerprint density at radius 3 is 2.06 bits per heavy atom. The van der Waals surface area contributed by atoms with Crippen molar-refractivity contribution in [3.05, 3.63) is 0 Å². The van der Waals surface area contributed by atoms with Crippen molar-refractivity contribution < 1.29 is 43.7 Å². The van der Waals surface area contributed by atoms with Gasteiger partial charge in [0.1, 0.15) is 24.4 Å². The van der Waals surface area contributed by atoms with Gasteiger partial charge in [-0.05, 0) is 40.5 Å². The van der Waals surface area contributed by atoms with E-state index in [9.17, 15) is 29.9 Å². The van der Waals surface area contributed by atoms with Crippen LogP contribution in [0.3, 0.4) is 0 Å². The summed E-state index contributed by atoms with van der Waals surface area (Å²) in [5.74, 6) is 0. The van der Waals surface area contributed by atoms with E-state index in [1.807, 2.05) is 0 Å². The number of ether oxygens (including phenoxy) is 1. The van der Waals surface area contributed by atoms with E-state index in [0.717, 1.165) is 51.7 Å². The molecule has 5 N–H and O–H groups in total. The largest absolute Gasteiger partial charge is 0.472 e. The van der Waals surface area contributed by atoms with Crippen molar-refractivity contribution in [1.29, 1.82) is 0 Å². The molecule has 0 aliphatic carbocycles. The molecular formula is C19H41N2O9P. The Bertz CT molecular complexity index is 529. The van der Waals surface area contributed by atoms with Crippen LogP contribution in [0.1, 0.15) is 38.5 Å². The van der Waals surface area contributed by atoms with Crippen LogP contribution in [0.25, 0.3) is 0 Å². The SMILES string of the molecule is CN(C)CCN(C)CCCCCCCCOP(=O)(O)OC[C@H]1OC(O)[C@H](O)[C@@H](O)[C@@H]1O. The summed E-state index contributed by atoms with van der Waals surface area (Å²) in [6, 6.07) is 0. The van der Waals surface area contributed by atoms with Crippen molar-refractivity contribution in [3.63, 3.8) is 0 Å². The van der Waals surface area contributed by atoms with E-state index in [4.69, 9.17) is 13.8 Å². The third-order valence-electron chi connectivity index (χ3n) is 5.21. The zero-order valence-corrected chi connectivity index (χ0v) is 19.8.